The molecule has 3 fully saturated rings. The van der Waals surface area contributed by atoms with Gasteiger partial charge in [-0.1, -0.05) is 45.0 Å². The number of carbonyl (C=O) groups excluding carboxylic acids is 5. The molecule has 6 heterocycles. The van der Waals surface area contributed by atoms with Crippen LogP contribution in [0.3, 0.4) is 0 Å². The number of piperazine rings is 1. The van der Waals surface area contributed by atoms with E-state index in [1.54, 1.807) is 51.9 Å². The van der Waals surface area contributed by atoms with Crippen molar-refractivity contribution in [1.82, 2.24) is 60.2 Å². The standard InChI is InChI=1S/C53H64FN13O6S/c1-33-46(74-32-58-33)36-9-7-34(8-10-36)27-57-50(70)42-6-5-18-66(42)52(72)47(53(2,3)4)63-45(69)16-25-73-24-15-44(68)55-17-19-64-20-22-65(23-21-64)51(71)37-13-14-40(39(54)26-37)61-48-49-56-30-43(38-28-59-60-29-38)67(49)31-41(62-48)35-11-12-35/h7-10,13-14,26,28-32,35,42,47H,5-6,11-12,15-25,27H2,1-4H3,(H,55,68)(H,57,70)(H,59,60)(H,61,62)(H,63,69)/t42-,47+/m0/s1. The first kappa shape index (κ1) is 51.8. The Morgan fingerprint density at radius 1 is 0.905 bits per heavy atom. The van der Waals surface area contributed by atoms with E-state index in [2.05, 4.69) is 46.3 Å². The summed E-state index contributed by atoms with van der Waals surface area (Å²) in [6, 6.07) is 10.9. The van der Waals surface area contributed by atoms with Crippen molar-refractivity contribution in [2.24, 2.45) is 5.41 Å². The first-order chi connectivity index (χ1) is 35.7. The van der Waals surface area contributed by atoms with Crippen molar-refractivity contribution in [2.75, 3.05) is 64.3 Å². The number of nitrogens with one attached hydrogen (secondary N) is 5. The van der Waals surface area contributed by atoms with Crippen molar-refractivity contribution in [3.8, 4) is 21.7 Å². The number of aromatic amines is 1. The van der Waals surface area contributed by atoms with Gasteiger partial charge in [-0.05, 0) is 67.3 Å². The highest BCUT2D eigenvalue weighted by Gasteiger charge is 2.42. The average molecular weight is 1030 g/mol. The van der Waals surface area contributed by atoms with Gasteiger partial charge in [0.05, 0.1) is 58.8 Å². The molecule has 2 atom stereocenters. The van der Waals surface area contributed by atoms with E-state index in [-0.39, 0.29) is 66.8 Å². The van der Waals surface area contributed by atoms with Crippen molar-refractivity contribution in [3.05, 3.63) is 101 Å². The number of aryl methyl sites for hydroxylation is 1. The molecule has 0 spiro atoms. The minimum atomic E-state index is -0.858. The Bertz CT molecular complexity index is 2960. The van der Waals surface area contributed by atoms with Gasteiger partial charge in [-0.2, -0.15) is 5.10 Å². The fraction of sp³-hybridized carbons (Fsp3) is 0.453. The van der Waals surface area contributed by atoms with Crippen LogP contribution in [0.1, 0.15) is 92.5 Å². The molecule has 390 valence electrons. The summed E-state index contributed by atoms with van der Waals surface area (Å²) < 4.78 is 23.2. The predicted molar refractivity (Wildman–Crippen MR) is 278 cm³/mol. The smallest absolute Gasteiger partial charge is 0.254 e. The summed E-state index contributed by atoms with van der Waals surface area (Å²) in [7, 11) is 0. The third kappa shape index (κ3) is 12.4. The molecule has 19 nitrogen and oxygen atoms in total. The summed E-state index contributed by atoms with van der Waals surface area (Å²) in [5, 5.41) is 18.8. The summed E-state index contributed by atoms with van der Waals surface area (Å²) in [5.41, 5.74) is 7.77. The Labute approximate surface area is 433 Å². The van der Waals surface area contributed by atoms with Crippen molar-refractivity contribution < 1.29 is 33.1 Å². The number of thiazole rings is 1. The van der Waals surface area contributed by atoms with E-state index < -0.39 is 23.3 Å². The van der Waals surface area contributed by atoms with Gasteiger partial charge in [0.15, 0.2) is 11.5 Å². The van der Waals surface area contributed by atoms with E-state index in [4.69, 9.17) is 9.72 Å². The van der Waals surface area contributed by atoms with E-state index in [0.29, 0.717) is 82.6 Å². The number of ether oxygens (including phenoxy) is 1. The molecule has 0 bridgehead atoms. The Balaban J connectivity index is 0.655. The Morgan fingerprint density at radius 3 is 2.36 bits per heavy atom. The molecule has 74 heavy (non-hydrogen) atoms. The van der Waals surface area contributed by atoms with Crippen molar-refractivity contribution >= 4 is 58.0 Å². The molecule has 4 aromatic heterocycles. The zero-order chi connectivity index (χ0) is 51.9. The molecule has 5 amide bonds. The number of benzene rings is 2. The van der Waals surface area contributed by atoms with Gasteiger partial charge in [-0.15, -0.1) is 11.3 Å². The van der Waals surface area contributed by atoms with Crippen molar-refractivity contribution in [3.63, 3.8) is 0 Å². The van der Waals surface area contributed by atoms with Crippen LogP contribution in [-0.4, -0.2) is 145 Å². The monoisotopic (exact) mass is 1030 g/mol. The molecule has 1 saturated carbocycles. The number of anilines is 2. The maximum absolute atomic E-state index is 15.6. The number of nitrogens with zero attached hydrogens (tertiary/aromatic N) is 8. The predicted octanol–water partition coefficient (Wildman–Crippen LogP) is 5.82. The van der Waals surface area contributed by atoms with E-state index in [9.17, 15) is 24.0 Å². The zero-order valence-corrected chi connectivity index (χ0v) is 43.1. The number of halogens is 1. The summed E-state index contributed by atoms with van der Waals surface area (Å²) >= 11 is 1.59. The first-order valence-electron chi connectivity index (χ1n) is 25.4. The van der Waals surface area contributed by atoms with E-state index >= 15 is 4.39 Å². The summed E-state index contributed by atoms with van der Waals surface area (Å²) in [4.78, 5) is 86.9. The fourth-order valence-electron chi connectivity index (χ4n) is 9.39. The SMILES string of the molecule is Cc1ncsc1-c1ccc(CNC(=O)[C@@H]2CCCN2C(=O)[C@@H](NC(=O)CCOCCC(=O)NCCN2CCN(C(=O)c3ccc(Nc4nc(C5CC5)cn5c(-c6cn[nH]c6)cnc45)c(F)c3)CC2)C(C)(C)C)cc1. The molecule has 1 aliphatic carbocycles. The Morgan fingerprint density at radius 2 is 1.68 bits per heavy atom. The normalized spacial score (nSPS) is 16.6. The third-order valence-corrected chi connectivity index (χ3v) is 14.8. The summed E-state index contributed by atoms with van der Waals surface area (Å²) in [5.74, 6) is -1.14. The van der Waals surface area contributed by atoms with Gasteiger partial charge < -0.3 is 35.8 Å². The van der Waals surface area contributed by atoms with Crippen LogP contribution >= 0.6 is 11.3 Å². The van der Waals surface area contributed by atoms with Crippen LogP contribution in [0.4, 0.5) is 15.9 Å². The number of carbonyl (C=O) groups is 5. The lowest BCUT2D eigenvalue weighted by Gasteiger charge is -2.35. The number of imidazole rings is 1. The topological polar surface area (TPSA) is 224 Å². The lowest BCUT2D eigenvalue weighted by Crippen LogP contribution is -2.57. The van der Waals surface area contributed by atoms with Gasteiger partial charge in [-0.3, -0.25) is 38.4 Å². The van der Waals surface area contributed by atoms with Crippen LogP contribution in [0.2, 0.25) is 0 Å². The minimum Gasteiger partial charge on any atom is -0.380 e. The maximum Gasteiger partial charge on any atom is 0.254 e. The van der Waals surface area contributed by atoms with Crippen LogP contribution in [0, 0.1) is 18.2 Å². The van der Waals surface area contributed by atoms with Crippen LogP contribution in [0.5, 0.6) is 0 Å². The summed E-state index contributed by atoms with van der Waals surface area (Å²) in [6.45, 7) is 11.6. The molecule has 5 N–H and O–H groups in total. The molecular formula is C53H64FN13O6S. The van der Waals surface area contributed by atoms with Gasteiger partial charge in [-0.25, -0.2) is 19.3 Å². The second kappa shape index (κ2) is 23.0. The molecule has 2 aromatic carbocycles. The maximum atomic E-state index is 15.6. The molecule has 3 aliphatic rings. The number of fused-ring (bicyclic) bond motifs is 1. The minimum absolute atomic E-state index is 0.00356. The molecule has 9 rings (SSSR count). The number of hydrogen-bond donors (Lipinski definition) is 5. The van der Waals surface area contributed by atoms with Crippen LogP contribution < -0.4 is 21.3 Å². The van der Waals surface area contributed by atoms with Crippen molar-refractivity contribution in [1.29, 1.82) is 0 Å². The van der Waals surface area contributed by atoms with Gasteiger partial charge in [0.2, 0.25) is 23.6 Å². The quantitative estimate of drug-likeness (QED) is 0.0571. The largest absolute Gasteiger partial charge is 0.380 e. The van der Waals surface area contributed by atoms with E-state index in [1.807, 2.05) is 68.1 Å². The van der Waals surface area contributed by atoms with E-state index in [0.717, 1.165) is 51.5 Å². The highest BCUT2D eigenvalue weighted by atomic mass is 32.1. The summed E-state index contributed by atoms with van der Waals surface area (Å²) in [6.07, 6.45) is 10.6. The van der Waals surface area contributed by atoms with E-state index in [1.165, 1.54) is 6.07 Å². The molecule has 21 heteroatoms. The second-order valence-corrected chi connectivity index (χ2v) is 21.1. The van der Waals surface area contributed by atoms with Crippen LogP contribution in [-0.2, 0) is 30.5 Å². The van der Waals surface area contributed by atoms with Crippen molar-refractivity contribution in [2.45, 2.75) is 90.8 Å². The lowest BCUT2D eigenvalue weighted by atomic mass is 9.85. The third-order valence-electron chi connectivity index (χ3n) is 13.8. The van der Waals surface area contributed by atoms with Gasteiger partial charge in [0, 0.05) is 94.6 Å². The average Bonchev–Trinajstić information content (AvgIpc) is 3.79. The van der Waals surface area contributed by atoms with Gasteiger partial charge >= 0.3 is 0 Å². The number of rotatable bonds is 20. The molecule has 0 unspecified atom stereocenters. The molecular weight excluding hydrogens is 966 g/mol. The molecule has 0 radical (unpaired) electrons. The lowest BCUT2D eigenvalue weighted by molar-refractivity contribution is -0.144. The first-order valence-corrected chi connectivity index (χ1v) is 26.2. The molecule has 6 aromatic rings. The molecule has 2 saturated heterocycles. The molecule has 2 aliphatic heterocycles. The highest BCUT2D eigenvalue weighted by molar-refractivity contribution is 7.13. The number of likely N-dealkylation sites (tertiary alicyclic amines) is 1. The zero-order valence-electron chi connectivity index (χ0n) is 42.3. The van der Waals surface area contributed by atoms with Gasteiger partial charge in [0.25, 0.3) is 5.91 Å². The highest BCUT2D eigenvalue weighted by Crippen LogP contribution is 2.41. The fourth-order valence-corrected chi connectivity index (χ4v) is 10.2. The number of aromatic nitrogens is 6. The number of hydrogen-bond acceptors (Lipinski definition) is 13. The van der Waals surface area contributed by atoms with Crippen LogP contribution in [0.25, 0.3) is 27.3 Å². The van der Waals surface area contributed by atoms with Crippen LogP contribution in [0.15, 0.2) is 72.8 Å². The number of amides is 5. The number of H-pyrrole nitrogens is 1. The Hall–Kier alpha value is -7.10. The second-order valence-electron chi connectivity index (χ2n) is 20.3. The Kier molecular flexibility index (Phi) is 16.1. The van der Waals surface area contributed by atoms with Gasteiger partial charge in [0.1, 0.15) is 17.9 Å².